The van der Waals surface area contributed by atoms with Crippen molar-refractivity contribution >= 4 is 9.84 Å². The molecule has 5 nitrogen and oxygen atoms in total. The van der Waals surface area contributed by atoms with Crippen molar-refractivity contribution in [2.75, 3.05) is 18.1 Å². The van der Waals surface area contributed by atoms with Crippen LogP contribution in [0.5, 0.6) is 0 Å². The van der Waals surface area contributed by atoms with Gasteiger partial charge in [-0.3, -0.25) is 4.68 Å². The summed E-state index contributed by atoms with van der Waals surface area (Å²) >= 11 is 0. The Balaban J connectivity index is 2.38. The van der Waals surface area contributed by atoms with E-state index in [1.54, 1.807) is 4.68 Å². The molecule has 0 spiro atoms. The Kier molecular flexibility index (Phi) is 6.51. The van der Waals surface area contributed by atoms with Crippen molar-refractivity contribution in [3.8, 4) is 0 Å². The fourth-order valence-electron chi connectivity index (χ4n) is 1.76. The van der Waals surface area contributed by atoms with Crippen LogP contribution < -0.4 is 5.32 Å². The van der Waals surface area contributed by atoms with E-state index in [9.17, 15) is 8.42 Å². The highest BCUT2D eigenvalue weighted by molar-refractivity contribution is 7.91. The third-order valence-electron chi connectivity index (χ3n) is 2.70. The number of aromatic nitrogens is 2. The molecule has 1 aromatic heterocycles. The van der Waals surface area contributed by atoms with Crippen molar-refractivity contribution < 1.29 is 8.42 Å². The van der Waals surface area contributed by atoms with Crippen molar-refractivity contribution in [2.24, 2.45) is 5.92 Å². The lowest BCUT2D eigenvalue weighted by Gasteiger charge is -2.05. The molecule has 0 bridgehead atoms. The van der Waals surface area contributed by atoms with E-state index in [1.807, 2.05) is 19.2 Å². The molecule has 0 amide bonds. The van der Waals surface area contributed by atoms with Gasteiger partial charge >= 0.3 is 0 Å². The maximum Gasteiger partial charge on any atom is 0.152 e. The van der Waals surface area contributed by atoms with E-state index in [4.69, 9.17) is 0 Å². The highest BCUT2D eigenvalue weighted by atomic mass is 32.2. The van der Waals surface area contributed by atoms with Crippen LogP contribution in [0.3, 0.4) is 0 Å². The van der Waals surface area contributed by atoms with Crippen LogP contribution in [0.2, 0.25) is 0 Å². The zero-order valence-corrected chi connectivity index (χ0v) is 12.9. The van der Waals surface area contributed by atoms with Gasteiger partial charge < -0.3 is 5.32 Å². The lowest BCUT2D eigenvalue weighted by molar-refractivity contribution is 0.540. The minimum Gasteiger partial charge on any atom is -0.311 e. The zero-order chi connectivity index (χ0) is 14.3. The van der Waals surface area contributed by atoms with Crippen LogP contribution in [0.1, 0.15) is 32.9 Å². The van der Waals surface area contributed by atoms with Gasteiger partial charge in [-0.1, -0.05) is 20.8 Å². The van der Waals surface area contributed by atoms with E-state index in [1.165, 1.54) is 0 Å². The van der Waals surface area contributed by atoms with Gasteiger partial charge in [-0.15, -0.1) is 0 Å². The molecule has 1 heterocycles. The number of aryl methyl sites for hydroxylation is 1. The van der Waals surface area contributed by atoms with Crippen LogP contribution >= 0.6 is 0 Å². The van der Waals surface area contributed by atoms with Gasteiger partial charge in [0.2, 0.25) is 0 Å². The second kappa shape index (κ2) is 7.65. The fourth-order valence-corrected chi connectivity index (χ4v) is 3.05. The average molecular weight is 287 g/mol. The Bertz CT molecular complexity index is 466. The summed E-state index contributed by atoms with van der Waals surface area (Å²) in [5.74, 6) is 1.04. The van der Waals surface area contributed by atoms with E-state index >= 15 is 0 Å². The normalized spacial score (nSPS) is 12.2. The summed E-state index contributed by atoms with van der Waals surface area (Å²) in [6, 6.07) is 1.93. The van der Waals surface area contributed by atoms with Gasteiger partial charge in [0.25, 0.3) is 0 Å². The maximum absolute atomic E-state index is 11.6. The van der Waals surface area contributed by atoms with Gasteiger partial charge in [0.15, 0.2) is 9.84 Å². The Morgan fingerprint density at radius 2 is 2.11 bits per heavy atom. The summed E-state index contributed by atoms with van der Waals surface area (Å²) in [6.07, 6.45) is 2.51. The first-order valence-electron chi connectivity index (χ1n) is 6.86. The molecular formula is C13H25N3O2S. The largest absolute Gasteiger partial charge is 0.311 e. The number of nitrogens with zero attached hydrogens (tertiary/aromatic N) is 2. The SMILES string of the molecule is CCCS(=O)(=O)CCn1ccc(CNCC(C)C)n1. The molecule has 0 aliphatic heterocycles. The first kappa shape index (κ1) is 16.2. The minimum atomic E-state index is -2.93. The van der Waals surface area contributed by atoms with Gasteiger partial charge in [0.05, 0.1) is 18.0 Å². The molecule has 0 atom stereocenters. The minimum absolute atomic E-state index is 0.168. The Morgan fingerprint density at radius 1 is 1.37 bits per heavy atom. The van der Waals surface area contributed by atoms with Crippen LogP contribution in [0, 0.1) is 5.92 Å². The molecular weight excluding hydrogens is 262 g/mol. The summed E-state index contributed by atoms with van der Waals surface area (Å²) in [6.45, 7) is 8.31. The number of nitrogens with one attached hydrogen (secondary N) is 1. The molecule has 0 fully saturated rings. The second-order valence-electron chi connectivity index (χ2n) is 5.25. The predicted octanol–water partition coefficient (Wildman–Crippen LogP) is 1.45. The Hall–Kier alpha value is -0.880. The van der Waals surface area contributed by atoms with E-state index < -0.39 is 9.84 Å². The number of hydrogen-bond acceptors (Lipinski definition) is 4. The fraction of sp³-hybridized carbons (Fsp3) is 0.769. The van der Waals surface area contributed by atoms with Crippen LogP contribution in [0.4, 0.5) is 0 Å². The van der Waals surface area contributed by atoms with E-state index in [0.717, 1.165) is 18.8 Å². The molecule has 0 unspecified atom stereocenters. The Labute approximate surface area is 116 Å². The van der Waals surface area contributed by atoms with Crippen LogP contribution in [-0.2, 0) is 22.9 Å². The highest BCUT2D eigenvalue weighted by Crippen LogP contribution is 1.99. The summed E-state index contributed by atoms with van der Waals surface area (Å²) in [7, 11) is -2.93. The van der Waals surface area contributed by atoms with E-state index in [0.29, 0.717) is 18.9 Å². The lowest BCUT2D eigenvalue weighted by atomic mass is 10.2. The average Bonchev–Trinajstić information content (AvgIpc) is 2.74. The van der Waals surface area contributed by atoms with Crippen LogP contribution in [-0.4, -0.2) is 36.2 Å². The summed E-state index contributed by atoms with van der Waals surface area (Å²) < 4.78 is 24.9. The summed E-state index contributed by atoms with van der Waals surface area (Å²) in [5, 5.41) is 7.67. The van der Waals surface area contributed by atoms with Crippen molar-refractivity contribution in [1.29, 1.82) is 0 Å². The molecule has 0 radical (unpaired) electrons. The third kappa shape index (κ3) is 6.73. The molecule has 19 heavy (non-hydrogen) atoms. The van der Waals surface area contributed by atoms with Crippen molar-refractivity contribution in [2.45, 2.75) is 40.3 Å². The number of sulfone groups is 1. The van der Waals surface area contributed by atoms with E-state index in [-0.39, 0.29) is 11.5 Å². The van der Waals surface area contributed by atoms with Crippen molar-refractivity contribution in [3.05, 3.63) is 18.0 Å². The zero-order valence-electron chi connectivity index (χ0n) is 12.1. The second-order valence-corrected chi connectivity index (χ2v) is 7.55. The molecule has 1 aromatic rings. The smallest absolute Gasteiger partial charge is 0.152 e. The topological polar surface area (TPSA) is 64.0 Å². The van der Waals surface area contributed by atoms with Gasteiger partial charge in [-0.2, -0.15) is 5.10 Å². The molecule has 0 aliphatic carbocycles. The van der Waals surface area contributed by atoms with Gasteiger partial charge in [0.1, 0.15) is 0 Å². The van der Waals surface area contributed by atoms with Crippen LogP contribution in [0.15, 0.2) is 12.3 Å². The molecule has 6 heteroatoms. The molecule has 0 saturated carbocycles. The van der Waals surface area contributed by atoms with Gasteiger partial charge in [-0.05, 0) is 24.9 Å². The third-order valence-corrected chi connectivity index (χ3v) is 4.54. The number of hydrogen-bond donors (Lipinski definition) is 1. The first-order chi connectivity index (χ1) is 8.93. The first-order valence-corrected chi connectivity index (χ1v) is 8.68. The van der Waals surface area contributed by atoms with Crippen molar-refractivity contribution in [3.63, 3.8) is 0 Å². The van der Waals surface area contributed by atoms with Crippen molar-refractivity contribution in [1.82, 2.24) is 15.1 Å². The monoisotopic (exact) mass is 287 g/mol. The molecule has 0 aromatic carbocycles. The van der Waals surface area contributed by atoms with Gasteiger partial charge in [0, 0.05) is 18.5 Å². The molecule has 110 valence electrons. The molecule has 1 rings (SSSR count). The summed E-state index contributed by atoms with van der Waals surface area (Å²) in [4.78, 5) is 0. The molecule has 0 saturated heterocycles. The maximum atomic E-state index is 11.6. The lowest BCUT2D eigenvalue weighted by Crippen LogP contribution is -2.20. The standard InChI is InChI=1S/C13H25N3O2S/c1-4-8-19(17,18)9-7-16-6-5-13(15-16)11-14-10-12(2)3/h5-6,12,14H,4,7-11H2,1-3H3. The summed E-state index contributed by atoms with van der Waals surface area (Å²) in [5.41, 5.74) is 0.952. The Morgan fingerprint density at radius 3 is 2.74 bits per heavy atom. The quantitative estimate of drug-likeness (QED) is 0.747. The predicted molar refractivity (Wildman–Crippen MR) is 77.7 cm³/mol. The number of rotatable bonds is 9. The molecule has 1 N–H and O–H groups in total. The van der Waals surface area contributed by atoms with E-state index in [2.05, 4.69) is 24.3 Å². The molecule has 0 aliphatic rings. The van der Waals surface area contributed by atoms with Crippen LogP contribution in [0.25, 0.3) is 0 Å². The highest BCUT2D eigenvalue weighted by Gasteiger charge is 2.09. The van der Waals surface area contributed by atoms with Gasteiger partial charge in [-0.25, -0.2) is 8.42 Å².